The molecule has 4 aromatic rings. The van der Waals surface area contributed by atoms with Gasteiger partial charge in [-0.25, -0.2) is 28.1 Å². The lowest BCUT2D eigenvalue weighted by Gasteiger charge is -2.28. The summed E-state index contributed by atoms with van der Waals surface area (Å²) in [6, 6.07) is 11.2. The molecule has 2 aliphatic rings. The average molecular weight is 752 g/mol. The molecule has 6 rings (SSSR count). The lowest BCUT2D eigenvalue weighted by atomic mass is 9.78. The van der Waals surface area contributed by atoms with Crippen LogP contribution >= 0.6 is 0 Å². The fourth-order valence-electron chi connectivity index (χ4n) is 8.96. The van der Waals surface area contributed by atoms with Crippen LogP contribution in [0.4, 0.5) is 0 Å². The Hall–Kier alpha value is -4.53. The first-order chi connectivity index (χ1) is 25.8. The van der Waals surface area contributed by atoms with E-state index in [0.29, 0.717) is 38.9 Å². The van der Waals surface area contributed by atoms with Gasteiger partial charge in [0.1, 0.15) is 17.2 Å². The van der Waals surface area contributed by atoms with Crippen molar-refractivity contribution in [2.45, 2.75) is 162 Å². The number of phenols is 3. The van der Waals surface area contributed by atoms with Gasteiger partial charge in [-0.3, -0.25) is 0 Å². The molecule has 2 saturated carbocycles. The van der Waals surface area contributed by atoms with Gasteiger partial charge in [-0.05, 0) is 124 Å². The van der Waals surface area contributed by atoms with Crippen molar-refractivity contribution in [1.82, 2.24) is 13.7 Å². The Morgan fingerprint density at radius 1 is 0.491 bits per heavy atom. The van der Waals surface area contributed by atoms with Crippen molar-refractivity contribution < 1.29 is 15.3 Å². The molecule has 0 saturated heterocycles. The molecule has 0 radical (unpaired) electrons. The molecule has 2 fully saturated rings. The van der Waals surface area contributed by atoms with Crippen LogP contribution in [0.3, 0.4) is 0 Å². The summed E-state index contributed by atoms with van der Waals surface area (Å²) in [5.41, 5.74) is 3.57. The zero-order valence-electron chi connectivity index (χ0n) is 34.2. The summed E-state index contributed by atoms with van der Waals surface area (Å²) in [6.07, 6.45) is 10.6. The SMILES string of the molecule is Cc1cc(Cn2c(=O)n(Cc3cc(C)c(O)c(C4CCCCC4)c3)c(=O)n(Cc3cc(C(C)(C)C)c(O)c(C(C)(C)C)c3)c2=O)cc(C2CCCCC2)c1O. The molecular formula is C46H61N3O6. The predicted octanol–water partition coefficient (Wildman–Crippen LogP) is 8.74. The molecule has 0 unspecified atom stereocenters. The first-order valence-corrected chi connectivity index (χ1v) is 20.3. The number of nitrogens with zero attached hydrogens (tertiary/aromatic N) is 3. The number of hydrogen-bond donors (Lipinski definition) is 3. The third kappa shape index (κ3) is 8.36. The maximum Gasteiger partial charge on any atom is 0.336 e. The topological polar surface area (TPSA) is 127 Å². The minimum atomic E-state index is -0.719. The smallest absolute Gasteiger partial charge is 0.336 e. The molecule has 1 aromatic heterocycles. The van der Waals surface area contributed by atoms with Crippen molar-refractivity contribution in [2.24, 2.45) is 0 Å². The quantitative estimate of drug-likeness (QED) is 0.165. The molecule has 55 heavy (non-hydrogen) atoms. The number of hydrogen-bond acceptors (Lipinski definition) is 6. The number of rotatable bonds is 8. The Bertz CT molecular complexity index is 2100. The summed E-state index contributed by atoms with van der Waals surface area (Å²) in [6.45, 7) is 15.5. The van der Waals surface area contributed by atoms with E-state index in [1.165, 1.54) is 12.8 Å². The second-order valence-electron chi connectivity index (χ2n) is 18.5. The minimum Gasteiger partial charge on any atom is -0.507 e. The monoisotopic (exact) mass is 751 g/mol. The van der Waals surface area contributed by atoms with Crippen LogP contribution in [0.25, 0.3) is 0 Å². The number of aryl methyl sites for hydroxylation is 2. The zero-order valence-corrected chi connectivity index (χ0v) is 34.2. The van der Waals surface area contributed by atoms with Gasteiger partial charge in [0.05, 0.1) is 19.6 Å². The minimum absolute atomic E-state index is 0.0726. The second kappa shape index (κ2) is 15.5. The maximum atomic E-state index is 14.5. The van der Waals surface area contributed by atoms with Crippen LogP contribution in [0.15, 0.2) is 50.8 Å². The molecular weight excluding hydrogens is 691 g/mol. The van der Waals surface area contributed by atoms with E-state index < -0.39 is 27.9 Å². The highest BCUT2D eigenvalue weighted by atomic mass is 16.3. The molecule has 0 aliphatic heterocycles. The Balaban J connectivity index is 1.52. The van der Waals surface area contributed by atoms with E-state index in [1.807, 2.05) is 91.8 Å². The van der Waals surface area contributed by atoms with E-state index in [2.05, 4.69) is 0 Å². The highest BCUT2D eigenvalue weighted by Crippen LogP contribution is 2.42. The molecule has 2 aliphatic carbocycles. The number of benzene rings is 3. The van der Waals surface area contributed by atoms with E-state index in [4.69, 9.17) is 0 Å². The fourth-order valence-corrected chi connectivity index (χ4v) is 8.96. The van der Waals surface area contributed by atoms with Crippen LogP contribution in [-0.4, -0.2) is 29.0 Å². The molecule has 3 aromatic carbocycles. The summed E-state index contributed by atoms with van der Waals surface area (Å²) in [5.74, 6) is 1.13. The van der Waals surface area contributed by atoms with Crippen LogP contribution in [0.1, 0.15) is 168 Å². The highest BCUT2D eigenvalue weighted by Gasteiger charge is 2.28. The van der Waals surface area contributed by atoms with Crippen LogP contribution in [0, 0.1) is 13.8 Å². The van der Waals surface area contributed by atoms with Gasteiger partial charge in [0.2, 0.25) is 0 Å². The first kappa shape index (κ1) is 40.1. The predicted molar refractivity (Wildman–Crippen MR) is 219 cm³/mol. The van der Waals surface area contributed by atoms with Gasteiger partial charge >= 0.3 is 17.1 Å². The van der Waals surface area contributed by atoms with Crippen LogP contribution in [-0.2, 0) is 30.5 Å². The van der Waals surface area contributed by atoms with E-state index >= 15 is 0 Å². The Kier molecular flexibility index (Phi) is 11.3. The lowest BCUT2D eigenvalue weighted by molar-refractivity contribution is 0.411. The van der Waals surface area contributed by atoms with E-state index in [1.54, 1.807) is 0 Å². The molecule has 0 atom stereocenters. The van der Waals surface area contributed by atoms with Gasteiger partial charge in [0, 0.05) is 0 Å². The zero-order chi connectivity index (χ0) is 40.0. The van der Waals surface area contributed by atoms with Gasteiger partial charge in [0.15, 0.2) is 0 Å². The van der Waals surface area contributed by atoms with Crippen molar-refractivity contribution in [3.8, 4) is 17.2 Å². The third-order valence-electron chi connectivity index (χ3n) is 12.1. The Labute approximate surface area is 325 Å². The van der Waals surface area contributed by atoms with Crippen molar-refractivity contribution in [1.29, 1.82) is 0 Å². The largest absolute Gasteiger partial charge is 0.507 e. The van der Waals surface area contributed by atoms with Gasteiger partial charge in [-0.15, -0.1) is 0 Å². The van der Waals surface area contributed by atoms with Crippen LogP contribution < -0.4 is 17.1 Å². The summed E-state index contributed by atoms with van der Waals surface area (Å²) < 4.78 is 3.42. The standard InChI is InChI=1S/C46H61N3O6/c1-28-19-30(21-35(39(28)50)33-15-11-9-12-16-33)25-47-42(53)48(26-31-20-29(2)40(51)36(22-31)34-17-13-10-14-18-34)44(55)49(43(47)54)27-32-23-37(45(3,4)5)41(52)38(24-32)46(6,7)8/h19-24,33-34,50-52H,9-18,25-27H2,1-8H3. The van der Waals surface area contributed by atoms with E-state index in [9.17, 15) is 29.7 Å². The Morgan fingerprint density at radius 2 is 0.800 bits per heavy atom. The molecule has 9 nitrogen and oxygen atoms in total. The summed E-state index contributed by atoms with van der Waals surface area (Å²) in [4.78, 5) is 43.6. The van der Waals surface area contributed by atoms with Crippen molar-refractivity contribution in [2.75, 3.05) is 0 Å². The summed E-state index contributed by atoms with van der Waals surface area (Å²) in [5, 5.41) is 33.7. The lowest BCUT2D eigenvalue weighted by Crippen LogP contribution is -2.54. The van der Waals surface area contributed by atoms with Crippen molar-refractivity contribution in [3.63, 3.8) is 0 Å². The Morgan fingerprint density at radius 3 is 1.11 bits per heavy atom. The maximum absolute atomic E-state index is 14.5. The molecule has 9 heteroatoms. The highest BCUT2D eigenvalue weighted by molar-refractivity contribution is 5.50. The van der Waals surface area contributed by atoms with Gasteiger partial charge in [-0.1, -0.05) is 104 Å². The van der Waals surface area contributed by atoms with Crippen LogP contribution in [0.5, 0.6) is 17.2 Å². The number of aromatic nitrogens is 3. The van der Waals surface area contributed by atoms with E-state index in [-0.39, 0.29) is 48.7 Å². The summed E-state index contributed by atoms with van der Waals surface area (Å²) in [7, 11) is 0. The van der Waals surface area contributed by atoms with Crippen molar-refractivity contribution >= 4 is 0 Å². The number of aromatic hydroxyl groups is 3. The third-order valence-corrected chi connectivity index (χ3v) is 12.1. The molecule has 1 heterocycles. The molecule has 0 amide bonds. The van der Waals surface area contributed by atoms with Crippen molar-refractivity contribution in [3.05, 3.63) is 118 Å². The van der Waals surface area contributed by atoms with Gasteiger partial charge in [0.25, 0.3) is 0 Å². The van der Waals surface area contributed by atoms with Crippen LogP contribution in [0.2, 0.25) is 0 Å². The molecule has 3 N–H and O–H groups in total. The van der Waals surface area contributed by atoms with Gasteiger partial charge < -0.3 is 15.3 Å². The molecule has 296 valence electrons. The van der Waals surface area contributed by atoms with E-state index in [0.717, 1.165) is 76.2 Å². The molecule has 0 spiro atoms. The number of phenolic OH excluding ortho intramolecular Hbond substituents is 3. The first-order valence-electron chi connectivity index (χ1n) is 20.3. The van der Waals surface area contributed by atoms with Gasteiger partial charge in [-0.2, -0.15) is 0 Å². The summed E-state index contributed by atoms with van der Waals surface area (Å²) >= 11 is 0. The average Bonchev–Trinajstić information content (AvgIpc) is 3.13. The molecule has 0 bridgehead atoms. The fraction of sp³-hybridized carbons (Fsp3) is 0.543. The second-order valence-corrected chi connectivity index (χ2v) is 18.5. The normalized spacial score (nSPS) is 16.1.